The average molecular weight is 528 g/mol. The summed E-state index contributed by atoms with van der Waals surface area (Å²) < 4.78 is 25.4. The molecule has 0 aliphatic rings. The van der Waals surface area contributed by atoms with Gasteiger partial charge in [-0.2, -0.15) is 5.48 Å². The van der Waals surface area contributed by atoms with E-state index in [1.807, 2.05) is 6.07 Å². The van der Waals surface area contributed by atoms with Crippen LogP contribution in [-0.4, -0.2) is 82.4 Å². The van der Waals surface area contributed by atoms with Crippen LogP contribution in [0.2, 0.25) is 0 Å². The highest BCUT2D eigenvalue weighted by Gasteiger charge is 2.25. The number of methoxy groups -OCH3 is 1. The average Bonchev–Trinajstić information content (AvgIpc) is 2.84. The Morgan fingerprint density at radius 2 is 1.54 bits per heavy atom. The summed E-state index contributed by atoms with van der Waals surface area (Å²) in [4.78, 5) is 52.5. The van der Waals surface area contributed by atoms with Gasteiger partial charge in [-0.3, -0.25) is 14.4 Å². The van der Waals surface area contributed by atoms with Gasteiger partial charge in [0.15, 0.2) is 0 Å². The maximum atomic E-state index is 12.4. The summed E-state index contributed by atoms with van der Waals surface area (Å²) in [6.07, 6.45) is -1.89. The first-order valence-electron chi connectivity index (χ1n) is 11.7. The fraction of sp³-hybridized carbons (Fsp3) is 0.583. The normalized spacial score (nSPS) is 11.7. The fourth-order valence-corrected chi connectivity index (χ4v) is 2.57. The molecule has 13 nitrogen and oxygen atoms in total. The molecule has 0 spiro atoms. The standard InChI is InChI=1S/C24H37N3O10/c1-24(2,3)37-23(31)27-36-15-14-34-13-12-33-11-10-25-21(29)19(16-20(28)32-4)26-22(30)35-17-18-8-6-5-7-9-18/h5-9,19H,10-17H2,1-4H3,(H,25,29)(H,26,30)(H,27,31). The molecule has 0 bridgehead atoms. The summed E-state index contributed by atoms with van der Waals surface area (Å²) in [7, 11) is 1.19. The van der Waals surface area contributed by atoms with Crippen molar-refractivity contribution in [2.24, 2.45) is 0 Å². The highest BCUT2D eigenvalue weighted by molar-refractivity contribution is 5.89. The van der Waals surface area contributed by atoms with Gasteiger partial charge < -0.3 is 34.3 Å². The lowest BCUT2D eigenvalue weighted by molar-refractivity contribution is -0.143. The molecule has 3 amide bonds. The third-order valence-electron chi connectivity index (χ3n) is 4.22. The van der Waals surface area contributed by atoms with Crippen molar-refractivity contribution in [3.8, 4) is 0 Å². The maximum Gasteiger partial charge on any atom is 0.431 e. The van der Waals surface area contributed by atoms with Crippen molar-refractivity contribution in [3.05, 3.63) is 35.9 Å². The Bertz CT molecular complexity index is 830. The van der Waals surface area contributed by atoms with E-state index in [9.17, 15) is 19.2 Å². The second-order valence-corrected chi connectivity index (χ2v) is 8.51. The van der Waals surface area contributed by atoms with E-state index in [1.54, 1.807) is 45.0 Å². The Balaban J connectivity index is 2.18. The van der Waals surface area contributed by atoms with Crippen LogP contribution in [0.1, 0.15) is 32.8 Å². The van der Waals surface area contributed by atoms with Crippen LogP contribution in [-0.2, 0) is 44.7 Å². The minimum Gasteiger partial charge on any atom is -0.469 e. The van der Waals surface area contributed by atoms with E-state index < -0.39 is 35.7 Å². The van der Waals surface area contributed by atoms with Crippen molar-refractivity contribution in [1.29, 1.82) is 0 Å². The van der Waals surface area contributed by atoms with Gasteiger partial charge in [-0.05, 0) is 26.3 Å². The molecule has 37 heavy (non-hydrogen) atoms. The number of alkyl carbamates (subject to hydrolysis) is 1. The number of carbonyl (C=O) groups excluding carboxylic acids is 4. The summed E-state index contributed by atoms with van der Waals surface area (Å²) >= 11 is 0. The van der Waals surface area contributed by atoms with Gasteiger partial charge in [0, 0.05) is 6.54 Å². The van der Waals surface area contributed by atoms with E-state index in [0.29, 0.717) is 0 Å². The van der Waals surface area contributed by atoms with Crippen molar-refractivity contribution in [2.75, 3.05) is 46.7 Å². The molecule has 1 atom stereocenters. The molecule has 0 radical (unpaired) electrons. The molecular weight excluding hydrogens is 490 g/mol. The minimum absolute atomic E-state index is 0.0154. The number of carbonyl (C=O) groups is 4. The lowest BCUT2D eigenvalue weighted by Gasteiger charge is -2.19. The van der Waals surface area contributed by atoms with Crippen LogP contribution in [0.15, 0.2) is 30.3 Å². The molecule has 0 aliphatic carbocycles. The molecular formula is C24H37N3O10. The molecule has 0 aromatic heterocycles. The monoisotopic (exact) mass is 527 g/mol. The third kappa shape index (κ3) is 16.8. The highest BCUT2D eigenvalue weighted by Crippen LogP contribution is 2.06. The van der Waals surface area contributed by atoms with Crippen LogP contribution in [0.4, 0.5) is 9.59 Å². The van der Waals surface area contributed by atoms with Crippen LogP contribution in [0.25, 0.3) is 0 Å². The summed E-state index contributed by atoms with van der Waals surface area (Å²) in [6, 6.07) is 7.84. The molecule has 0 heterocycles. The van der Waals surface area contributed by atoms with Crippen LogP contribution < -0.4 is 16.1 Å². The van der Waals surface area contributed by atoms with E-state index in [1.165, 1.54) is 7.11 Å². The largest absolute Gasteiger partial charge is 0.469 e. The first-order chi connectivity index (χ1) is 17.6. The number of hydrogen-bond acceptors (Lipinski definition) is 10. The molecule has 208 valence electrons. The predicted molar refractivity (Wildman–Crippen MR) is 130 cm³/mol. The number of amides is 3. The number of hydroxylamine groups is 1. The number of hydrogen-bond donors (Lipinski definition) is 3. The number of rotatable bonds is 16. The molecule has 1 aromatic rings. The summed E-state index contributed by atoms with van der Waals surface area (Å²) in [6.45, 7) is 6.41. The van der Waals surface area contributed by atoms with E-state index in [0.717, 1.165) is 5.56 Å². The Morgan fingerprint density at radius 3 is 2.19 bits per heavy atom. The Kier molecular flexibility index (Phi) is 15.3. The van der Waals surface area contributed by atoms with Crippen molar-refractivity contribution in [3.63, 3.8) is 0 Å². The van der Waals surface area contributed by atoms with Crippen LogP contribution in [0.3, 0.4) is 0 Å². The van der Waals surface area contributed by atoms with Gasteiger partial charge in [-0.15, -0.1) is 0 Å². The molecule has 0 aliphatic heterocycles. The molecule has 0 saturated carbocycles. The first-order valence-corrected chi connectivity index (χ1v) is 11.7. The Morgan fingerprint density at radius 1 is 0.892 bits per heavy atom. The lowest BCUT2D eigenvalue weighted by Crippen LogP contribution is -2.48. The first kappa shape index (κ1) is 31.6. The van der Waals surface area contributed by atoms with Crippen LogP contribution >= 0.6 is 0 Å². The van der Waals surface area contributed by atoms with Gasteiger partial charge in [-0.1, -0.05) is 30.3 Å². The van der Waals surface area contributed by atoms with Gasteiger partial charge in [0.25, 0.3) is 0 Å². The molecule has 1 aromatic carbocycles. The van der Waals surface area contributed by atoms with Crippen molar-refractivity contribution in [1.82, 2.24) is 16.1 Å². The summed E-state index contributed by atoms with van der Waals surface area (Å²) in [5.41, 5.74) is 2.30. The molecule has 1 rings (SSSR count). The minimum atomic E-state index is -1.17. The van der Waals surface area contributed by atoms with E-state index in [-0.39, 0.29) is 52.6 Å². The summed E-state index contributed by atoms with van der Waals surface area (Å²) in [5, 5.41) is 4.96. The van der Waals surface area contributed by atoms with E-state index in [4.69, 9.17) is 23.8 Å². The second kappa shape index (κ2) is 17.9. The number of benzene rings is 1. The topological polar surface area (TPSA) is 160 Å². The van der Waals surface area contributed by atoms with Gasteiger partial charge in [0.05, 0.1) is 46.6 Å². The third-order valence-corrected chi connectivity index (χ3v) is 4.22. The molecule has 1 unspecified atom stereocenters. The predicted octanol–water partition coefficient (Wildman–Crippen LogP) is 1.45. The summed E-state index contributed by atoms with van der Waals surface area (Å²) in [5.74, 6) is -1.25. The van der Waals surface area contributed by atoms with Crippen LogP contribution in [0.5, 0.6) is 0 Å². The van der Waals surface area contributed by atoms with Gasteiger partial charge in [0.1, 0.15) is 18.2 Å². The quantitative estimate of drug-likeness (QED) is 0.124. The van der Waals surface area contributed by atoms with Crippen molar-refractivity contribution < 1.29 is 47.7 Å². The SMILES string of the molecule is COC(=O)CC(NC(=O)OCc1ccccc1)C(=O)NCCOCCOCCONC(=O)OC(C)(C)C. The zero-order valence-corrected chi connectivity index (χ0v) is 21.7. The van der Waals surface area contributed by atoms with E-state index in [2.05, 4.69) is 20.9 Å². The number of ether oxygens (including phenoxy) is 5. The zero-order valence-electron chi connectivity index (χ0n) is 21.7. The zero-order chi connectivity index (χ0) is 27.5. The Labute approximate surface area is 216 Å². The molecule has 3 N–H and O–H groups in total. The van der Waals surface area contributed by atoms with Gasteiger partial charge >= 0.3 is 18.2 Å². The molecule has 13 heteroatoms. The van der Waals surface area contributed by atoms with Crippen molar-refractivity contribution >= 4 is 24.1 Å². The maximum absolute atomic E-state index is 12.4. The van der Waals surface area contributed by atoms with E-state index >= 15 is 0 Å². The lowest BCUT2D eigenvalue weighted by atomic mass is 10.2. The smallest absolute Gasteiger partial charge is 0.431 e. The Hall–Kier alpha value is -3.42. The fourth-order valence-electron chi connectivity index (χ4n) is 2.57. The van der Waals surface area contributed by atoms with Crippen LogP contribution in [0, 0.1) is 0 Å². The molecule has 0 fully saturated rings. The second-order valence-electron chi connectivity index (χ2n) is 8.51. The number of nitrogens with one attached hydrogen (secondary N) is 3. The molecule has 0 saturated heterocycles. The van der Waals surface area contributed by atoms with Gasteiger partial charge in [-0.25, -0.2) is 9.59 Å². The highest BCUT2D eigenvalue weighted by atomic mass is 16.7. The van der Waals surface area contributed by atoms with Gasteiger partial charge in [0.2, 0.25) is 5.91 Å². The van der Waals surface area contributed by atoms with Crippen molar-refractivity contribution in [2.45, 2.75) is 45.4 Å². The number of esters is 1.